The van der Waals surface area contributed by atoms with Crippen LogP contribution in [0.5, 0.6) is 0 Å². The lowest BCUT2D eigenvalue weighted by atomic mass is 10.2. The van der Waals surface area contributed by atoms with Crippen LogP contribution in [0.2, 0.25) is 0 Å². The number of hydrogen-bond acceptors (Lipinski definition) is 3. The quantitative estimate of drug-likeness (QED) is 0.847. The smallest absolute Gasteiger partial charge is 0.152 e. The monoisotopic (exact) mass is 231 g/mol. The Morgan fingerprint density at radius 3 is 2.35 bits per heavy atom. The number of hydrogen-bond donors (Lipinski definition) is 1. The van der Waals surface area contributed by atoms with E-state index >= 15 is 0 Å². The van der Waals surface area contributed by atoms with Gasteiger partial charge in [0, 0.05) is 19.3 Å². The zero-order valence-corrected chi connectivity index (χ0v) is 10.5. The topological polar surface area (TPSA) is 42.2 Å². The molecule has 0 saturated heterocycles. The Morgan fingerprint density at radius 2 is 1.82 bits per heavy atom. The first-order valence-corrected chi connectivity index (χ1v) is 6.70. The van der Waals surface area contributed by atoms with Crippen molar-refractivity contribution in [2.24, 2.45) is 11.8 Å². The predicted octanol–water partition coefficient (Wildman–Crippen LogP) is 2.60. The molecule has 3 heteroatoms. The number of nitrogen functional groups attached to an aromatic ring is 1. The highest BCUT2D eigenvalue weighted by atomic mass is 15.2. The summed E-state index contributed by atoms with van der Waals surface area (Å²) in [5.41, 5.74) is 8.19. The van der Waals surface area contributed by atoms with Gasteiger partial charge >= 0.3 is 0 Å². The average molecular weight is 231 g/mol. The van der Waals surface area contributed by atoms with Crippen molar-refractivity contribution in [3.63, 3.8) is 0 Å². The first-order valence-electron chi connectivity index (χ1n) is 6.70. The fraction of sp³-hybridized carbons (Fsp3) is 0.643. The molecule has 0 spiro atoms. The molecule has 0 amide bonds. The fourth-order valence-electron chi connectivity index (χ4n) is 2.28. The molecule has 2 saturated carbocycles. The zero-order valence-electron chi connectivity index (χ0n) is 10.5. The largest absolute Gasteiger partial charge is 0.396 e. The van der Waals surface area contributed by atoms with E-state index in [1.54, 1.807) is 0 Å². The third-order valence-corrected chi connectivity index (χ3v) is 3.84. The molecule has 2 fully saturated rings. The van der Waals surface area contributed by atoms with Gasteiger partial charge in [0.15, 0.2) is 5.82 Å². The van der Waals surface area contributed by atoms with Gasteiger partial charge < -0.3 is 10.6 Å². The Hall–Kier alpha value is -1.25. The Bertz CT molecular complexity index is 394. The lowest BCUT2D eigenvalue weighted by molar-refractivity contribution is 0.672. The van der Waals surface area contributed by atoms with Crippen molar-refractivity contribution < 1.29 is 0 Å². The highest BCUT2D eigenvalue weighted by molar-refractivity contribution is 5.66. The van der Waals surface area contributed by atoms with Crippen molar-refractivity contribution in [3.8, 4) is 0 Å². The Labute approximate surface area is 103 Å². The first-order chi connectivity index (χ1) is 8.24. The van der Waals surface area contributed by atoms with E-state index in [1.165, 1.54) is 25.7 Å². The second kappa shape index (κ2) is 4.21. The summed E-state index contributed by atoms with van der Waals surface area (Å²) >= 11 is 0. The molecule has 92 valence electrons. The van der Waals surface area contributed by atoms with Crippen LogP contribution in [0.15, 0.2) is 12.3 Å². The van der Waals surface area contributed by atoms with Gasteiger partial charge in [-0.15, -0.1) is 0 Å². The van der Waals surface area contributed by atoms with Crippen molar-refractivity contribution in [2.45, 2.75) is 32.6 Å². The molecule has 0 aromatic carbocycles. The van der Waals surface area contributed by atoms with Gasteiger partial charge in [-0.25, -0.2) is 4.98 Å². The first kappa shape index (κ1) is 10.9. The Morgan fingerprint density at radius 1 is 1.24 bits per heavy atom. The summed E-state index contributed by atoms with van der Waals surface area (Å²) in [7, 11) is 0. The molecule has 0 bridgehead atoms. The van der Waals surface area contributed by atoms with Crippen LogP contribution in [0.3, 0.4) is 0 Å². The molecule has 1 aromatic heterocycles. The molecule has 3 nitrogen and oxygen atoms in total. The van der Waals surface area contributed by atoms with Crippen molar-refractivity contribution in [1.29, 1.82) is 0 Å². The van der Waals surface area contributed by atoms with Crippen LogP contribution in [-0.2, 0) is 0 Å². The average Bonchev–Trinajstić information content (AvgIpc) is 3.16. The molecule has 1 aromatic rings. The molecule has 2 N–H and O–H groups in total. The lowest BCUT2D eigenvalue weighted by Crippen LogP contribution is -2.29. The van der Waals surface area contributed by atoms with Gasteiger partial charge in [0.1, 0.15) is 0 Å². The van der Waals surface area contributed by atoms with Crippen LogP contribution < -0.4 is 10.6 Å². The fourth-order valence-corrected chi connectivity index (χ4v) is 2.28. The minimum absolute atomic E-state index is 0.869. The number of anilines is 2. The molecule has 0 aliphatic heterocycles. The summed E-state index contributed by atoms with van der Waals surface area (Å²) in [5.74, 6) is 2.79. The van der Waals surface area contributed by atoms with E-state index in [4.69, 9.17) is 5.73 Å². The van der Waals surface area contributed by atoms with Crippen LogP contribution in [0.25, 0.3) is 0 Å². The third-order valence-electron chi connectivity index (χ3n) is 3.84. The highest BCUT2D eigenvalue weighted by Crippen LogP contribution is 2.36. The molecule has 0 radical (unpaired) electrons. The maximum Gasteiger partial charge on any atom is 0.152 e. The summed E-state index contributed by atoms with van der Waals surface area (Å²) in [6, 6.07) is 1.99. The lowest BCUT2D eigenvalue weighted by Gasteiger charge is -2.25. The molecule has 1 heterocycles. The van der Waals surface area contributed by atoms with E-state index in [2.05, 4.69) is 16.8 Å². The molecule has 2 aliphatic carbocycles. The standard InChI is InChI=1S/C14H21N3/c1-10-6-7-16-14(13(10)15)17(8-11-2-3-11)9-12-4-5-12/h6-7,11-12H,2-5,8-9,15H2,1H3. The summed E-state index contributed by atoms with van der Waals surface area (Å²) in [5, 5.41) is 0. The van der Waals surface area contributed by atoms with E-state index in [0.29, 0.717) is 0 Å². The second-order valence-electron chi connectivity index (χ2n) is 5.66. The summed E-state index contributed by atoms with van der Waals surface area (Å²) in [6.07, 6.45) is 7.41. The highest BCUT2D eigenvalue weighted by Gasteiger charge is 2.30. The van der Waals surface area contributed by atoms with Gasteiger partial charge in [0.2, 0.25) is 0 Å². The van der Waals surface area contributed by atoms with Gasteiger partial charge in [-0.05, 0) is 56.1 Å². The van der Waals surface area contributed by atoms with Gasteiger partial charge in [-0.3, -0.25) is 0 Å². The number of pyridine rings is 1. The number of nitrogens with zero attached hydrogens (tertiary/aromatic N) is 2. The minimum Gasteiger partial charge on any atom is -0.396 e. The van der Waals surface area contributed by atoms with Crippen molar-refractivity contribution >= 4 is 11.5 Å². The summed E-state index contributed by atoms with van der Waals surface area (Å²) in [4.78, 5) is 6.93. The number of nitrogens with two attached hydrogens (primary N) is 1. The van der Waals surface area contributed by atoms with Gasteiger partial charge in [-0.2, -0.15) is 0 Å². The minimum atomic E-state index is 0.869. The SMILES string of the molecule is Cc1ccnc(N(CC2CC2)CC2CC2)c1N. The maximum atomic E-state index is 6.17. The third kappa shape index (κ3) is 2.54. The van der Waals surface area contributed by atoms with Gasteiger partial charge in [0.05, 0.1) is 5.69 Å². The number of aromatic nitrogens is 1. The Balaban J connectivity index is 1.81. The normalized spacial score (nSPS) is 19.4. The zero-order chi connectivity index (χ0) is 11.8. The Kier molecular flexibility index (Phi) is 2.69. The molecule has 3 rings (SSSR count). The van der Waals surface area contributed by atoms with Crippen LogP contribution in [0, 0.1) is 18.8 Å². The van der Waals surface area contributed by atoms with Crippen LogP contribution in [-0.4, -0.2) is 18.1 Å². The van der Waals surface area contributed by atoms with Crippen molar-refractivity contribution in [3.05, 3.63) is 17.8 Å². The summed E-state index contributed by atoms with van der Waals surface area (Å²) in [6.45, 7) is 4.36. The maximum absolute atomic E-state index is 6.17. The van der Waals surface area contributed by atoms with E-state index in [1.807, 2.05) is 12.3 Å². The number of aryl methyl sites for hydroxylation is 1. The van der Waals surface area contributed by atoms with E-state index in [-0.39, 0.29) is 0 Å². The van der Waals surface area contributed by atoms with E-state index in [0.717, 1.165) is 42.0 Å². The number of rotatable bonds is 5. The van der Waals surface area contributed by atoms with Gasteiger partial charge in [-0.1, -0.05) is 0 Å². The molecule has 2 aliphatic rings. The predicted molar refractivity (Wildman–Crippen MR) is 71.0 cm³/mol. The van der Waals surface area contributed by atoms with Crippen molar-refractivity contribution in [2.75, 3.05) is 23.7 Å². The molecular formula is C14H21N3. The second-order valence-corrected chi connectivity index (χ2v) is 5.66. The van der Waals surface area contributed by atoms with E-state index in [9.17, 15) is 0 Å². The van der Waals surface area contributed by atoms with Crippen LogP contribution in [0.4, 0.5) is 11.5 Å². The van der Waals surface area contributed by atoms with Crippen LogP contribution in [0.1, 0.15) is 31.2 Å². The summed E-state index contributed by atoms with van der Waals surface area (Å²) < 4.78 is 0. The molecular weight excluding hydrogens is 210 g/mol. The molecule has 0 unspecified atom stereocenters. The van der Waals surface area contributed by atoms with E-state index < -0.39 is 0 Å². The van der Waals surface area contributed by atoms with Crippen LogP contribution >= 0.6 is 0 Å². The van der Waals surface area contributed by atoms with Crippen molar-refractivity contribution in [1.82, 2.24) is 4.98 Å². The van der Waals surface area contributed by atoms with Gasteiger partial charge in [0.25, 0.3) is 0 Å². The molecule has 17 heavy (non-hydrogen) atoms. The molecule has 0 atom stereocenters.